The van der Waals surface area contributed by atoms with E-state index in [-0.39, 0.29) is 23.0 Å². The van der Waals surface area contributed by atoms with Crippen molar-refractivity contribution in [2.75, 3.05) is 18.5 Å². The van der Waals surface area contributed by atoms with Crippen LogP contribution in [0.1, 0.15) is 52.8 Å². The molecule has 192 valence electrons. The topological polar surface area (TPSA) is 88.7 Å². The molecule has 8 heteroatoms. The zero-order valence-electron chi connectivity index (χ0n) is 20.6. The summed E-state index contributed by atoms with van der Waals surface area (Å²) in [5, 5.41) is 8.91. The van der Waals surface area contributed by atoms with Crippen molar-refractivity contribution in [3.8, 4) is 11.5 Å². The minimum absolute atomic E-state index is 0.0977. The first kappa shape index (κ1) is 26.2. The van der Waals surface area contributed by atoms with E-state index in [1.165, 1.54) is 6.42 Å². The van der Waals surface area contributed by atoms with Crippen LogP contribution >= 0.6 is 12.2 Å². The smallest absolute Gasteiger partial charge is 0.257 e. The summed E-state index contributed by atoms with van der Waals surface area (Å²) in [6, 6.07) is 23.6. The first-order valence-electron chi connectivity index (χ1n) is 12.5. The third-order valence-corrected chi connectivity index (χ3v) is 6.23. The van der Waals surface area contributed by atoms with Gasteiger partial charge >= 0.3 is 0 Å². The molecule has 1 aliphatic carbocycles. The second-order valence-electron chi connectivity index (χ2n) is 8.83. The molecule has 4 rings (SSSR count). The van der Waals surface area contributed by atoms with Crippen LogP contribution in [0.25, 0.3) is 0 Å². The third-order valence-electron chi connectivity index (χ3n) is 6.03. The van der Waals surface area contributed by atoms with Gasteiger partial charge in [-0.1, -0.05) is 43.5 Å². The van der Waals surface area contributed by atoms with Gasteiger partial charge in [-0.25, -0.2) is 0 Å². The number of hydrogen-bond acceptors (Lipinski definition) is 5. The van der Waals surface area contributed by atoms with Gasteiger partial charge in [-0.2, -0.15) is 0 Å². The number of thiocarbonyl (C=S) groups is 1. The molecule has 0 spiro atoms. The van der Waals surface area contributed by atoms with Gasteiger partial charge in [0, 0.05) is 22.9 Å². The maximum Gasteiger partial charge on any atom is 0.257 e. The predicted octanol–water partition coefficient (Wildman–Crippen LogP) is 5.33. The van der Waals surface area contributed by atoms with Gasteiger partial charge in [0.15, 0.2) is 5.11 Å². The highest BCUT2D eigenvalue weighted by Crippen LogP contribution is 2.19. The lowest BCUT2D eigenvalue weighted by molar-refractivity contribution is 0.0926. The van der Waals surface area contributed by atoms with Gasteiger partial charge in [0.05, 0.1) is 0 Å². The fourth-order valence-corrected chi connectivity index (χ4v) is 4.34. The molecule has 1 fully saturated rings. The van der Waals surface area contributed by atoms with Gasteiger partial charge in [-0.05, 0) is 79.7 Å². The van der Waals surface area contributed by atoms with E-state index < -0.39 is 0 Å². The summed E-state index contributed by atoms with van der Waals surface area (Å²) in [4.78, 5) is 25.2. The van der Waals surface area contributed by atoms with Crippen molar-refractivity contribution in [2.24, 2.45) is 0 Å². The molecule has 1 saturated carbocycles. The highest BCUT2D eigenvalue weighted by Gasteiger charge is 2.17. The molecule has 3 aromatic rings. The quantitative estimate of drug-likeness (QED) is 0.263. The van der Waals surface area contributed by atoms with Crippen molar-refractivity contribution in [3.63, 3.8) is 0 Å². The largest absolute Gasteiger partial charge is 0.490 e. The Kier molecular flexibility index (Phi) is 9.48. The predicted molar refractivity (Wildman–Crippen MR) is 148 cm³/mol. The molecule has 0 atom stereocenters. The minimum Gasteiger partial charge on any atom is -0.490 e. The zero-order chi connectivity index (χ0) is 25.9. The molecule has 3 aromatic carbocycles. The van der Waals surface area contributed by atoms with E-state index >= 15 is 0 Å². The highest BCUT2D eigenvalue weighted by molar-refractivity contribution is 7.80. The maximum absolute atomic E-state index is 12.6. The molecular weight excluding hydrogens is 486 g/mol. The lowest BCUT2D eigenvalue weighted by Gasteiger charge is -2.22. The summed E-state index contributed by atoms with van der Waals surface area (Å²) in [7, 11) is 0. The number of carbonyl (C=O) groups excluding carboxylic acids is 2. The minimum atomic E-state index is -0.345. The number of ether oxygens (including phenoxy) is 2. The number of amides is 2. The number of para-hydroxylation sites is 1. The Morgan fingerprint density at radius 3 is 2.14 bits per heavy atom. The summed E-state index contributed by atoms with van der Waals surface area (Å²) >= 11 is 5.31. The average molecular weight is 518 g/mol. The van der Waals surface area contributed by atoms with Gasteiger partial charge in [0.1, 0.15) is 24.7 Å². The zero-order valence-corrected chi connectivity index (χ0v) is 21.4. The standard InChI is InChI=1S/C29H31N3O4S/c33-27(21-14-16-26(17-15-21)36-19-18-35-25-12-5-2-6-13-25)32-29(37)31-24-11-7-8-22(20-24)28(34)30-23-9-3-1-4-10-23/h2,5-8,11-17,20,23H,1,3-4,9-10,18-19H2,(H,30,34)(H2,31,32,33,37). The molecular formula is C29H31N3O4S. The van der Waals surface area contributed by atoms with Gasteiger partial charge < -0.3 is 20.1 Å². The van der Waals surface area contributed by atoms with Crippen LogP contribution in [0.5, 0.6) is 11.5 Å². The molecule has 37 heavy (non-hydrogen) atoms. The second kappa shape index (κ2) is 13.4. The van der Waals surface area contributed by atoms with Crippen molar-refractivity contribution >= 4 is 34.8 Å². The summed E-state index contributed by atoms with van der Waals surface area (Å²) < 4.78 is 11.3. The Morgan fingerprint density at radius 1 is 0.757 bits per heavy atom. The molecule has 1 aliphatic rings. The Balaban J connectivity index is 1.22. The van der Waals surface area contributed by atoms with Crippen LogP contribution in [-0.2, 0) is 0 Å². The summed E-state index contributed by atoms with van der Waals surface area (Å²) in [5.74, 6) is 0.983. The van der Waals surface area contributed by atoms with Crippen LogP contribution in [0.4, 0.5) is 5.69 Å². The molecule has 2 amide bonds. The van der Waals surface area contributed by atoms with Crippen LogP contribution in [0.2, 0.25) is 0 Å². The number of nitrogens with one attached hydrogen (secondary N) is 3. The molecule has 0 saturated heterocycles. The molecule has 0 heterocycles. The lowest BCUT2D eigenvalue weighted by atomic mass is 9.95. The molecule has 3 N–H and O–H groups in total. The number of carbonyl (C=O) groups is 2. The van der Waals surface area contributed by atoms with E-state index in [0.717, 1.165) is 31.4 Å². The van der Waals surface area contributed by atoms with Gasteiger partial charge in [0.25, 0.3) is 11.8 Å². The molecule has 0 radical (unpaired) electrons. The fraction of sp³-hybridized carbons (Fsp3) is 0.276. The van der Waals surface area contributed by atoms with Crippen LogP contribution in [0, 0.1) is 0 Å². The van der Waals surface area contributed by atoms with Crippen molar-refractivity contribution < 1.29 is 19.1 Å². The number of anilines is 1. The van der Waals surface area contributed by atoms with Crippen molar-refractivity contribution in [3.05, 3.63) is 90.0 Å². The van der Waals surface area contributed by atoms with Gasteiger partial charge in [0.2, 0.25) is 0 Å². The monoisotopic (exact) mass is 517 g/mol. The highest BCUT2D eigenvalue weighted by atomic mass is 32.1. The van der Waals surface area contributed by atoms with E-state index in [9.17, 15) is 9.59 Å². The Bertz CT molecular complexity index is 1200. The van der Waals surface area contributed by atoms with E-state index in [1.807, 2.05) is 30.3 Å². The summed E-state index contributed by atoms with van der Waals surface area (Å²) in [6.45, 7) is 0.793. The van der Waals surface area contributed by atoms with Crippen LogP contribution in [0.15, 0.2) is 78.9 Å². The summed E-state index contributed by atoms with van der Waals surface area (Å²) in [5.41, 5.74) is 1.62. The fourth-order valence-electron chi connectivity index (χ4n) is 4.13. The van der Waals surface area contributed by atoms with Gasteiger partial charge in [-0.3, -0.25) is 14.9 Å². The van der Waals surface area contributed by atoms with E-state index in [1.54, 1.807) is 48.5 Å². The van der Waals surface area contributed by atoms with Crippen LogP contribution in [-0.4, -0.2) is 36.2 Å². The third kappa shape index (κ3) is 8.32. The molecule has 0 unspecified atom stereocenters. The Hall–Kier alpha value is -3.91. The first-order chi connectivity index (χ1) is 18.1. The average Bonchev–Trinajstić information content (AvgIpc) is 2.92. The molecule has 0 aromatic heterocycles. The Morgan fingerprint density at radius 2 is 1.43 bits per heavy atom. The Labute approximate surface area is 222 Å². The second-order valence-corrected chi connectivity index (χ2v) is 9.24. The molecule has 7 nitrogen and oxygen atoms in total. The van der Waals surface area contributed by atoms with E-state index in [2.05, 4.69) is 16.0 Å². The molecule has 0 aliphatic heterocycles. The lowest BCUT2D eigenvalue weighted by Crippen LogP contribution is -2.36. The SMILES string of the molecule is O=C(NC(=S)Nc1cccc(C(=O)NC2CCCCC2)c1)c1ccc(OCCOc2ccccc2)cc1. The molecule has 0 bridgehead atoms. The van der Waals surface area contributed by atoms with Crippen LogP contribution in [0.3, 0.4) is 0 Å². The number of hydrogen-bond donors (Lipinski definition) is 3. The first-order valence-corrected chi connectivity index (χ1v) is 12.9. The van der Waals surface area contributed by atoms with Crippen LogP contribution < -0.4 is 25.4 Å². The van der Waals surface area contributed by atoms with Crippen molar-refractivity contribution in [1.82, 2.24) is 10.6 Å². The number of rotatable bonds is 9. The van der Waals surface area contributed by atoms with Crippen molar-refractivity contribution in [2.45, 2.75) is 38.1 Å². The number of benzene rings is 3. The van der Waals surface area contributed by atoms with Crippen molar-refractivity contribution in [1.29, 1.82) is 0 Å². The normalized spacial score (nSPS) is 13.3. The summed E-state index contributed by atoms with van der Waals surface area (Å²) in [6.07, 6.45) is 5.59. The van der Waals surface area contributed by atoms with E-state index in [0.29, 0.717) is 35.8 Å². The maximum atomic E-state index is 12.6. The van der Waals surface area contributed by atoms with Gasteiger partial charge in [-0.15, -0.1) is 0 Å². The van der Waals surface area contributed by atoms with E-state index in [4.69, 9.17) is 21.7 Å².